The van der Waals surface area contributed by atoms with Crippen LogP contribution >= 0.6 is 0 Å². The number of morpholine rings is 1. The zero-order valence-electron chi connectivity index (χ0n) is 52.6. The molecule has 5 fully saturated rings. The molecule has 6 heterocycles. The SMILES string of the molecule is C1=CCN=C1.C1COC1.CC(C)CCCC1CCC1.CC(C)CCN1CC(C)(F)C1.CC(C)CCN1CCCCC1.CCC(C)C.CCC(C)C.CCC(C)C.CN1CCOCC1.Cc1nnc(CC(C)C)o1. The van der Waals surface area contributed by atoms with Crippen LogP contribution < -0.4 is 0 Å². The van der Waals surface area contributed by atoms with Crippen LogP contribution in [0.1, 0.15) is 233 Å². The first-order chi connectivity index (χ1) is 34.5. The molecule has 10 heteroatoms. The zero-order valence-corrected chi connectivity index (χ0v) is 52.6. The topological polar surface area (TPSA) is 79.5 Å². The van der Waals surface area contributed by atoms with Crippen LogP contribution in [-0.4, -0.2) is 129 Å². The van der Waals surface area contributed by atoms with Crippen molar-refractivity contribution in [2.45, 2.75) is 240 Å². The van der Waals surface area contributed by atoms with Crippen molar-refractivity contribution in [1.82, 2.24) is 24.9 Å². The van der Waals surface area contributed by atoms with Gasteiger partial charge >= 0.3 is 0 Å². The molecule has 436 valence electrons. The Balaban J connectivity index is -0.000000760. The summed E-state index contributed by atoms with van der Waals surface area (Å²) in [5.41, 5.74) is -0.892. The van der Waals surface area contributed by atoms with Crippen molar-refractivity contribution in [3.8, 4) is 0 Å². The van der Waals surface area contributed by atoms with Crippen LogP contribution in [0.15, 0.2) is 21.6 Å². The second-order valence-corrected chi connectivity index (χ2v) is 24.6. The first-order valence-corrected chi connectivity index (χ1v) is 30.4. The van der Waals surface area contributed by atoms with E-state index in [-0.39, 0.29) is 0 Å². The summed E-state index contributed by atoms with van der Waals surface area (Å²) in [6, 6.07) is 0. The van der Waals surface area contributed by atoms with Crippen molar-refractivity contribution >= 4 is 6.21 Å². The summed E-state index contributed by atoms with van der Waals surface area (Å²) in [4.78, 5) is 10.9. The van der Waals surface area contributed by atoms with E-state index in [1.165, 1.54) is 116 Å². The lowest BCUT2D eigenvalue weighted by Crippen LogP contribution is -2.57. The molecule has 4 saturated heterocycles. The number of likely N-dealkylation sites (tertiary alicyclic amines) is 2. The second-order valence-electron chi connectivity index (χ2n) is 24.6. The Morgan fingerprint density at radius 2 is 1.07 bits per heavy atom. The van der Waals surface area contributed by atoms with Gasteiger partial charge in [-0.15, -0.1) is 10.2 Å². The van der Waals surface area contributed by atoms with E-state index in [0.29, 0.717) is 24.9 Å². The van der Waals surface area contributed by atoms with Gasteiger partial charge in [0.2, 0.25) is 11.8 Å². The molecule has 73 heavy (non-hydrogen) atoms. The van der Waals surface area contributed by atoms with Gasteiger partial charge in [0.05, 0.1) is 19.8 Å². The minimum atomic E-state index is -0.892. The minimum Gasteiger partial charge on any atom is -0.426 e. The van der Waals surface area contributed by atoms with Gasteiger partial charge in [-0.1, -0.05) is 188 Å². The number of likely N-dealkylation sites (N-methyl/N-ethyl adjacent to an activating group) is 1. The predicted molar refractivity (Wildman–Crippen MR) is 320 cm³/mol. The summed E-state index contributed by atoms with van der Waals surface area (Å²) < 4.78 is 27.9. The van der Waals surface area contributed by atoms with Crippen molar-refractivity contribution in [3.63, 3.8) is 0 Å². The molecule has 9 nitrogen and oxygen atoms in total. The standard InChI is InChI=1S/C10H21N.C10H20.C9H18FN.C7H12N2O.C5H11NO.3C5H12.C4H5N.C3H6O/c1-10(2)6-9-11-7-4-3-5-8-11;1-9(2)5-3-6-10-7-4-8-10;1-8(2)4-5-11-6-9(3,10)7-11;1-5(2)4-7-9-8-6(3)10-7;1-6-2-4-7-5-3-6;3*1-4-5(2)3;1-2-4-5-3-1;1-2-4-3-1/h10H,3-9H2,1-2H3;9-10H,3-8H2,1-2H3;8H,4-7H2,1-3H3;5H,4H2,1-3H3;2-5H2,1H3;3*5H,4H2,1-3H3;1-3H,4H2;1-3H2. The molecule has 1 aliphatic carbocycles. The van der Waals surface area contributed by atoms with Crippen LogP contribution in [0.2, 0.25) is 0 Å². The van der Waals surface area contributed by atoms with Crippen molar-refractivity contribution in [2.24, 2.45) is 52.3 Å². The summed E-state index contributed by atoms with van der Waals surface area (Å²) in [6.45, 7) is 54.6. The molecule has 0 unspecified atom stereocenters. The molecule has 0 N–H and O–H groups in total. The molecule has 1 saturated carbocycles. The predicted octanol–water partition coefficient (Wildman–Crippen LogP) is 16.9. The highest BCUT2D eigenvalue weighted by atomic mass is 19.1. The van der Waals surface area contributed by atoms with E-state index in [4.69, 9.17) is 13.9 Å². The van der Waals surface area contributed by atoms with Gasteiger partial charge in [0.25, 0.3) is 0 Å². The summed E-state index contributed by atoms with van der Waals surface area (Å²) in [6.07, 6.45) is 27.7. The maximum atomic E-state index is 12.9. The van der Waals surface area contributed by atoms with Crippen molar-refractivity contribution in [2.75, 3.05) is 92.4 Å². The van der Waals surface area contributed by atoms with E-state index >= 15 is 0 Å². The second kappa shape index (κ2) is 51.1. The lowest BCUT2D eigenvalue weighted by atomic mass is 9.81. The van der Waals surface area contributed by atoms with E-state index in [2.05, 4.69) is 155 Å². The van der Waals surface area contributed by atoms with E-state index in [9.17, 15) is 4.39 Å². The van der Waals surface area contributed by atoms with E-state index in [1.54, 1.807) is 20.1 Å². The summed E-state index contributed by atoms with van der Waals surface area (Å²) >= 11 is 0. The molecule has 0 amide bonds. The number of ether oxygens (including phenoxy) is 2. The van der Waals surface area contributed by atoms with E-state index in [0.717, 1.165) is 106 Å². The Labute approximate surface area is 456 Å². The first kappa shape index (κ1) is 75.5. The number of rotatable bonds is 15. The van der Waals surface area contributed by atoms with Gasteiger partial charge in [0.15, 0.2) is 0 Å². The van der Waals surface area contributed by atoms with Gasteiger partial charge < -0.3 is 23.7 Å². The Hall–Kier alpha value is -1.72. The molecule has 0 aromatic carbocycles. The highest BCUT2D eigenvalue weighted by molar-refractivity contribution is 5.73. The van der Waals surface area contributed by atoms with Crippen LogP contribution in [0.4, 0.5) is 4.39 Å². The number of aryl methyl sites for hydroxylation is 1. The van der Waals surface area contributed by atoms with Crippen LogP contribution in [0, 0.1) is 54.3 Å². The molecule has 7 rings (SSSR count). The highest BCUT2D eigenvalue weighted by Crippen LogP contribution is 2.31. The van der Waals surface area contributed by atoms with E-state index in [1.807, 2.05) is 12.2 Å². The van der Waals surface area contributed by atoms with Gasteiger partial charge in [-0.3, -0.25) is 9.89 Å². The molecule has 0 bridgehead atoms. The Morgan fingerprint density at radius 1 is 0.603 bits per heavy atom. The third-order valence-corrected chi connectivity index (χ3v) is 13.2. The number of allylic oxidation sites excluding steroid dienone is 1. The van der Waals surface area contributed by atoms with Crippen molar-refractivity contribution in [3.05, 3.63) is 23.9 Å². The normalized spacial score (nSPS) is 17.8. The fourth-order valence-electron chi connectivity index (χ4n) is 6.58. The van der Waals surface area contributed by atoms with Crippen LogP contribution in [0.25, 0.3) is 0 Å². The number of aliphatic imine (C=N–C) groups is 1. The molecule has 1 aromatic heterocycles. The van der Waals surface area contributed by atoms with E-state index < -0.39 is 5.67 Å². The largest absolute Gasteiger partial charge is 0.426 e. The fourth-order valence-corrected chi connectivity index (χ4v) is 6.58. The zero-order chi connectivity index (χ0) is 55.9. The molecule has 0 spiro atoms. The number of nitrogens with zero attached hydrogens (tertiary/aromatic N) is 6. The van der Waals surface area contributed by atoms with Gasteiger partial charge in [-0.2, -0.15) is 0 Å². The monoisotopic (exact) mass is 1040 g/mol. The molecule has 6 aliphatic rings. The Bertz CT molecular complexity index is 1270. The molecule has 0 radical (unpaired) electrons. The lowest BCUT2D eigenvalue weighted by molar-refractivity contribution is -0.0192. The average Bonchev–Trinajstić information content (AvgIpc) is 4.02. The minimum absolute atomic E-state index is 0.583. The van der Waals surface area contributed by atoms with Crippen LogP contribution in [0.3, 0.4) is 0 Å². The molecular weight excluding hydrogens is 908 g/mol. The number of halogens is 1. The molecular formula is C63H129FN6O3. The quantitative estimate of drug-likeness (QED) is 0.172. The van der Waals surface area contributed by atoms with Gasteiger partial charge in [-0.05, 0) is 126 Å². The van der Waals surface area contributed by atoms with Crippen LogP contribution in [0.5, 0.6) is 0 Å². The third-order valence-electron chi connectivity index (χ3n) is 13.2. The number of piperidine rings is 1. The number of hydrogen-bond donors (Lipinski definition) is 0. The smallest absolute Gasteiger partial charge is 0.216 e. The summed E-state index contributed by atoms with van der Waals surface area (Å²) in [5, 5.41) is 7.59. The van der Waals surface area contributed by atoms with Gasteiger partial charge in [-0.25, -0.2) is 4.39 Å². The third kappa shape index (κ3) is 59.4. The molecule has 1 aromatic rings. The Kier molecular flexibility index (Phi) is 52.8. The lowest BCUT2D eigenvalue weighted by Gasteiger charge is -2.42. The van der Waals surface area contributed by atoms with Crippen molar-refractivity contribution < 1.29 is 18.3 Å². The van der Waals surface area contributed by atoms with Crippen molar-refractivity contribution in [1.29, 1.82) is 0 Å². The first-order valence-electron chi connectivity index (χ1n) is 30.4. The molecule has 0 atom stereocenters. The molecule has 5 aliphatic heterocycles. The average molecular weight is 1040 g/mol. The van der Waals surface area contributed by atoms with Gasteiger partial charge in [0.1, 0.15) is 5.67 Å². The maximum absolute atomic E-state index is 12.9. The fraction of sp³-hybridized carbons (Fsp3) is 0.921. The van der Waals surface area contributed by atoms with Crippen LogP contribution in [-0.2, 0) is 15.9 Å². The summed E-state index contributed by atoms with van der Waals surface area (Å²) in [5.74, 6) is 8.28. The highest BCUT2D eigenvalue weighted by Gasteiger charge is 2.38. The Morgan fingerprint density at radius 3 is 1.34 bits per heavy atom. The van der Waals surface area contributed by atoms with Gasteiger partial charge in [0, 0.05) is 59.0 Å². The number of aromatic nitrogens is 2. The summed E-state index contributed by atoms with van der Waals surface area (Å²) in [7, 11) is 2.11. The number of alkyl halides is 1. The number of hydrogen-bond acceptors (Lipinski definition) is 9. The maximum Gasteiger partial charge on any atom is 0.216 e.